The van der Waals surface area contributed by atoms with Crippen molar-refractivity contribution in [2.45, 2.75) is 13.8 Å². The van der Waals surface area contributed by atoms with Gasteiger partial charge in [-0.2, -0.15) is 0 Å². The zero-order valence-corrected chi connectivity index (χ0v) is 16.6. The van der Waals surface area contributed by atoms with Gasteiger partial charge in [0, 0.05) is 24.2 Å². The van der Waals surface area contributed by atoms with Crippen LogP contribution in [0.3, 0.4) is 0 Å². The van der Waals surface area contributed by atoms with E-state index in [1.807, 2.05) is 0 Å². The molecule has 0 heterocycles. The number of carbonyl (C=O) groups is 3. The largest absolute Gasteiger partial charge is 0.493 e. The average molecular weight is 416 g/mol. The van der Waals surface area contributed by atoms with Crippen molar-refractivity contribution < 1.29 is 33.5 Å². The highest BCUT2D eigenvalue weighted by atomic mass is 16.6. The SMILES string of the molecule is CCOc1cc(C(=O)OCC(=O)c2ccc(NC(C)=O)cc2)c([N+](=O)[O-])cc1OC. The number of amides is 1. The molecule has 0 radical (unpaired) electrons. The van der Waals surface area contributed by atoms with Crippen molar-refractivity contribution in [1.29, 1.82) is 0 Å². The van der Waals surface area contributed by atoms with Crippen molar-refractivity contribution >= 4 is 29.0 Å². The zero-order valence-electron chi connectivity index (χ0n) is 16.6. The van der Waals surface area contributed by atoms with Gasteiger partial charge in [0.25, 0.3) is 5.69 Å². The summed E-state index contributed by atoms with van der Waals surface area (Å²) in [6, 6.07) is 8.19. The molecule has 0 bridgehead atoms. The van der Waals surface area contributed by atoms with Gasteiger partial charge in [-0.05, 0) is 31.2 Å². The number of nitrogens with one attached hydrogen (secondary N) is 1. The van der Waals surface area contributed by atoms with Crippen molar-refractivity contribution in [3.63, 3.8) is 0 Å². The van der Waals surface area contributed by atoms with Gasteiger partial charge >= 0.3 is 5.97 Å². The average Bonchev–Trinajstić information content (AvgIpc) is 2.71. The van der Waals surface area contributed by atoms with Crippen LogP contribution in [-0.2, 0) is 9.53 Å². The molecule has 10 nitrogen and oxygen atoms in total. The van der Waals surface area contributed by atoms with Crippen LogP contribution in [-0.4, -0.2) is 42.9 Å². The third-order valence-electron chi connectivity index (χ3n) is 3.86. The summed E-state index contributed by atoms with van der Waals surface area (Å²) in [6.07, 6.45) is 0. The molecule has 0 aliphatic rings. The van der Waals surface area contributed by atoms with E-state index in [-0.39, 0.29) is 35.1 Å². The second kappa shape index (κ2) is 10.0. The van der Waals surface area contributed by atoms with E-state index in [1.54, 1.807) is 6.92 Å². The number of carbonyl (C=O) groups excluding carboxylic acids is 3. The predicted molar refractivity (Wildman–Crippen MR) is 106 cm³/mol. The fraction of sp³-hybridized carbons (Fsp3) is 0.250. The molecule has 158 valence electrons. The number of esters is 1. The molecule has 2 aromatic carbocycles. The molecule has 0 saturated carbocycles. The van der Waals surface area contributed by atoms with E-state index in [9.17, 15) is 24.5 Å². The van der Waals surface area contributed by atoms with E-state index >= 15 is 0 Å². The molecular weight excluding hydrogens is 396 g/mol. The molecule has 10 heteroatoms. The lowest BCUT2D eigenvalue weighted by atomic mass is 10.1. The number of rotatable bonds is 9. The van der Waals surface area contributed by atoms with Crippen LogP contribution in [0.1, 0.15) is 34.6 Å². The fourth-order valence-electron chi connectivity index (χ4n) is 2.53. The molecule has 0 fully saturated rings. The second-order valence-corrected chi connectivity index (χ2v) is 5.97. The van der Waals surface area contributed by atoms with Crippen LogP contribution in [0.2, 0.25) is 0 Å². The topological polar surface area (TPSA) is 134 Å². The third-order valence-corrected chi connectivity index (χ3v) is 3.86. The van der Waals surface area contributed by atoms with Crippen LogP contribution >= 0.6 is 0 Å². The predicted octanol–water partition coefficient (Wildman–Crippen LogP) is 3.00. The van der Waals surface area contributed by atoms with Gasteiger partial charge in [-0.3, -0.25) is 19.7 Å². The van der Waals surface area contributed by atoms with E-state index in [4.69, 9.17) is 14.2 Å². The van der Waals surface area contributed by atoms with Crippen LogP contribution in [0.5, 0.6) is 11.5 Å². The van der Waals surface area contributed by atoms with Gasteiger partial charge in [-0.25, -0.2) is 4.79 Å². The van der Waals surface area contributed by atoms with Crippen LogP contribution in [0.15, 0.2) is 36.4 Å². The molecule has 0 saturated heterocycles. The van der Waals surface area contributed by atoms with Crippen molar-refractivity contribution in [3.05, 3.63) is 57.6 Å². The first-order valence-electron chi connectivity index (χ1n) is 8.84. The standard InChI is InChI=1S/C20H20N2O8/c1-4-29-19-9-15(16(22(26)27)10-18(19)28-3)20(25)30-11-17(24)13-5-7-14(8-6-13)21-12(2)23/h5-10H,4,11H2,1-3H3,(H,21,23). The molecule has 0 aliphatic heterocycles. The number of hydrogen-bond acceptors (Lipinski definition) is 8. The number of benzene rings is 2. The lowest BCUT2D eigenvalue weighted by Gasteiger charge is -2.11. The molecule has 0 spiro atoms. The summed E-state index contributed by atoms with van der Waals surface area (Å²) in [5.74, 6) is -1.59. The molecule has 0 atom stereocenters. The summed E-state index contributed by atoms with van der Waals surface area (Å²) in [5, 5.41) is 13.9. The number of Topliss-reactive ketones (excluding diaryl/α,β-unsaturated/α-hetero) is 1. The Labute approximate surface area is 171 Å². The smallest absolute Gasteiger partial charge is 0.345 e. The first-order chi connectivity index (χ1) is 14.3. The summed E-state index contributed by atoms with van der Waals surface area (Å²) in [5.41, 5.74) is -0.144. The van der Waals surface area contributed by atoms with Crippen molar-refractivity contribution in [3.8, 4) is 11.5 Å². The Morgan fingerprint density at radius 3 is 2.30 bits per heavy atom. The molecular formula is C20H20N2O8. The van der Waals surface area contributed by atoms with Gasteiger partial charge in [-0.1, -0.05) is 0 Å². The molecule has 0 aromatic heterocycles. The Balaban J connectivity index is 2.16. The third kappa shape index (κ3) is 5.53. The van der Waals surface area contributed by atoms with Gasteiger partial charge in [0.1, 0.15) is 5.56 Å². The number of nitro groups is 1. The number of ether oxygens (including phenoxy) is 3. The minimum Gasteiger partial charge on any atom is -0.493 e. The number of ketones is 1. The second-order valence-electron chi connectivity index (χ2n) is 5.97. The maximum Gasteiger partial charge on any atom is 0.345 e. The monoisotopic (exact) mass is 416 g/mol. The summed E-state index contributed by atoms with van der Waals surface area (Å²) in [7, 11) is 1.31. The van der Waals surface area contributed by atoms with Crippen LogP contribution in [0.4, 0.5) is 11.4 Å². The Bertz CT molecular complexity index is 970. The highest BCUT2D eigenvalue weighted by Crippen LogP contribution is 2.35. The minimum absolute atomic E-state index is 0.0930. The molecule has 1 amide bonds. The highest BCUT2D eigenvalue weighted by Gasteiger charge is 2.26. The Morgan fingerprint density at radius 1 is 1.10 bits per heavy atom. The van der Waals surface area contributed by atoms with Crippen molar-refractivity contribution in [2.75, 3.05) is 25.6 Å². The Kier molecular flexibility index (Phi) is 7.45. The maximum atomic E-state index is 12.4. The number of anilines is 1. The van der Waals surface area contributed by atoms with E-state index < -0.39 is 29.0 Å². The van der Waals surface area contributed by atoms with Crippen molar-refractivity contribution in [1.82, 2.24) is 0 Å². The molecule has 0 aliphatic carbocycles. The van der Waals surface area contributed by atoms with Crippen LogP contribution in [0.25, 0.3) is 0 Å². The van der Waals surface area contributed by atoms with Crippen LogP contribution in [0, 0.1) is 10.1 Å². The molecule has 2 rings (SSSR count). The molecule has 0 unspecified atom stereocenters. The van der Waals surface area contributed by atoms with Gasteiger partial charge in [0.2, 0.25) is 5.91 Å². The first kappa shape index (κ1) is 22.3. The molecule has 2 aromatic rings. The van der Waals surface area contributed by atoms with Gasteiger partial charge in [0.15, 0.2) is 23.9 Å². The van der Waals surface area contributed by atoms with E-state index in [0.717, 1.165) is 12.1 Å². The van der Waals surface area contributed by atoms with Gasteiger partial charge < -0.3 is 19.5 Å². The maximum absolute atomic E-state index is 12.4. The summed E-state index contributed by atoms with van der Waals surface area (Å²) >= 11 is 0. The number of nitrogens with zero attached hydrogens (tertiary/aromatic N) is 1. The fourth-order valence-corrected chi connectivity index (χ4v) is 2.53. The lowest BCUT2D eigenvalue weighted by Crippen LogP contribution is -2.16. The van der Waals surface area contributed by atoms with Gasteiger partial charge in [-0.15, -0.1) is 0 Å². The molecule has 1 N–H and O–H groups in total. The van der Waals surface area contributed by atoms with E-state index in [1.165, 1.54) is 38.3 Å². The minimum atomic E-state index is -1.05. The van der Waals surface area contributed by atoms with Gasteiger partial charge in [0.05, 0.1) is 24.7 Å². The highest BCUT2D eigenvalue weighted by molar-refractivity contribution is 6.01. The number of hydrogen-bond donors (Lipinski definition) is 1. The normalized spacial score (nSPS) is 10.1. The first-order valence-corrected chi connectivity index (χ1v) is 8.84. The van der Waals surface area contributed by atoms with E-state index in [0.29, 0.717) is 5.69 Å². The Hall–Kier alpha value is -3.95. The quantitative estimate of drug-likeness (QED) is 0.285. The van der Waals surface area contributed by atoms with Crippen LogP contribution < -0.4 is 14.8 Å². The summed E-state index contributed by atoms with van der Waals surface area (Å²) < 4.78 is 15.4. The number of nitro benzene ring substituents is 1. The molecule has 30 heavy (non-hydrogen) atoms. The van der Waals surface area contributed by atoms with E-state index in [2.05, 4.69) is 5.32 Å². The zero-order chi connectivity index (χ0) is 22.3. The number of methoxy groups -OCH3 is 1. The lowest BCUT2D eigenvalue weighted by molar-refractivity contribution is -0.385. The van der Waals surface area contributed by atoms with Crippen molar-refractivity contribution in [2.24, 2.45) is 0 Å². The summed E-state index contributed by atoms with van der Waals surface area (Å²) in [4.78, 5) is 46.3. The summed E-state index contributed by atoms with van der Waals surface area (Å²) in [6.45, 7) is 2.68. The Morgan fingerprint density at radius 2 is 1.77 bits per heavy atom.